The van der Waals surface area contributed by atoms with Crippen LogP contribution in [0.2, 0.25) is 0 Å². The summed E-state index contributed by atoms with van der Waals surface area (Å²) in [7, 11) is 5.07. The second kappa shape index (κ2) is 6.95. The molecule has 1 aliphatic heterocycles. The van der Waals surface area contributed by atoms with Crippen LogP contribution >= 0.6 is 0 Å². The van der Waals surface area contributed by atoms with Gasteiger partial charge in [0, 0.05) is 20.6 Å². The van der Waals surface area contributed by atoms with Gasteiger partial charge in [0.05, 0.1) is 25.9 Å². The van der Waals surface area contributed by atoms with Crippen LogP contribution in [-0.2, 0) is 11.3 Å². The maximum absolute atomic E-state index is 11.5. The Morgan fingerprint density at radius 2 is 2.33 bits per heavy atom. The molecule has 1 unspecified atom stereocenters. The summed E-state index contributed by atoms with van der Waals surface area (Å²) >= 11 is 0. The number of carbonyl (C=O) groups is 1. The molecular formula is C14H21N7O3. The number of esters is 1. The molecular weight excluding hydrogens is 314 g/mol. The van der Waals surface area contributed by atoms with Crippen molar-refractivity contribution in [2.45, 2.75) is 25.4 Å². The van der Waals surface area contributed by atoms with Crippen LogP contribution in [0, 0.1) is 0 Å². The van der Waals surface area contributed by atoms with Crippen LogP contribution in [0.5, 0.6) is 0 Å². The Morgan fingerprint density at radius 3 is 3.04 bits per heavy atom. The van der Waals surface area contributed by atoms with E-state index >= 15 is 0 Å². The third kappa shape index (κ3) is 3.53. The van der Waals surface area contributed by atoms with Crippen molar-refractivity contribution < 1.29 is 14.1 Å². The number of hydrogen-bond donors (Lipinski definition) is 0. The molecule has 0 radical (unpaired) electrons. The van der Waals surface area contributed by atoms with Gasteiger partial charge >= 0.3 is 5.97 Å². The van der Waals surface area contributed by atoms with E-state index in [1.54, 1.807) is 15.8 Å². The molecule has 1 aliphatic rings. The quantitative estimate of drug-likeness (QED) is 0.716. The lowest BCUT2D eigenvalue weighted by Crippen LogP contribution is -2.36. The lowest BCUT2D eigenvalue weighted by molar-refractivity contribution is 0.0594. The topological polar surface area (TPSA) is 102 Å². The van der Waals surface area contributed by atoms with E-state index in [1.807, 2.05) is 14.1 Å². The van der Waals surface area contributed by atoms with Crippen LogP contribution in [0.1, 0.15) is 35.3 Å². The Morgan fingerprint density at radius 1 is 1.50 bits per heavy atom. The fourth-order valence-electron chi connectivity index (χ4n) is 2.73. The number of aromatic nitrogens is 5. The molecule has 130 valence electrons. The third-order valence-electron chi connectivity index (χ3n) is 3.98. The first-order valence-electron chi connectivity index (χ1n) is 7.79. The Balaban J connectivity index is 1.63. The van der Waals surface area contributed by atoms with E-state index in [-0.39, 0.29) is 11.7 Å². The monoisotopic (exact) mass is 335 g/mol. The van der Waals surface area contributed by atoms with E-state index in [4.69, 9.17) is 4.52 Å². The normalized spacial score (nSPS) is 18.5. The van der Waals surface area contributed by atoms with Crippen molar-refractivity contribution in [2.24, 2.45) is 0 Å². The third-order valence-corrected chi connectivity index (χ3v) is 3.98. The summed E-state index contributed by atoms with van der Waals surface area (Å²) < 4.78 is 11.7. The van der Waals surface area contributed by atoms with Gasteiger partial charge in [0.25, 0.3) is 5.95 Å². The van der Waals surface area contributed by atoms with Crippen molar-refractivity contribution >= 4 is 11.9 Å². The Hall–Kier alpha value is -2.49. The smallest absolute Gasteiger partial charge is 0.360 e. The van der Waals surface area contributed by atoms with Gasteiger partial charge in [-0.25, -0.2) is 9.48 Å². The predicted molar refractivity (Wildman–Crippen MR) is 83.5 cm³/mol. The number of nitrogens with zero attached hydrogens (tertiary/aromatic N) is 7. The number of anilines is 1. The van der Waals surface area contributed by atoms with Crippen molar-refractivity contribution in [2.75, 3.05) is 39.2 Å². The van der Waals surface area contributed by atoms with E-state index in [0.717, 1.165) is 25.9 Å². The molecule has 0 amide bonds. The molecule has 0 N–H and O–H groups in total. The standard InChI is InChI=1S/C14H21N7O3/c1-19(2)14-15-12(24-17-14)9-20-6-4-5-10(7-20)21-8-11(16-18-21)13(22)23-3/h8,10H,4-7,9H2,1-3H3. The summed E-state index contributed by atoms with van der Waals surface area (Å²) in [4.78, 5) is 19.9. The van der Waals surface area contributed by atoms with Crippen molar-refractivity contribution in [3.63, 3.8) is 0 Å². The van der Waals surface area contributed by atoms with E-state index < -0.39 is 5.97 Å². The SMILES string of the molecule is COC(=O)c1cn(C2CCCN(Cc3nc(N(C)C)no3)C2)nn1. The largest absolute Gasteiger partial charge is 0.464 e. The summed E-state index contributed by atoms with van der Waals surface area (Å²) in [6.07, 6.45) is 3.64. The van der Waals surface area contributed by atoms with Gasteiger partial charge in [0.15, 0.2) is 5.69 Å². The van der Waals surface area contributed by atoms with Gasteiger partial charge in [-0.05, 0) is 24.5 Å². The molecule has 0 aromatic carbocycles. The van der Waals surface area contributed by atoms with Crippen LogP contribution in [0.25, 0.3) is 0 Å². The minimum Gasteiger partial charge on any atom is -0.464 e. The second-order valence-corrected chi connectivity index (χ2v) is 5.99. The zero-order valence-corrected chi connectivity index (χ0v) is 14.0. The summed E-state index contributed by atoms with van der Waals surface area (Å²) in [6, 6.07) is 0.154. The molecule has 0 bridgehead atoms. The predicted octanol–water partition coefficient (Wildman–Crippen LogP) is 0.351. The van der Waals surface area contributed by atoms with Crippen LogP contribution in [0.3, 0.4) is 0 Å². The first-order chi connectivity index (χ1) is 11.6. The van der Waals surface area contributed by atoms with Gasteiger partial charge in [-0.1, -0.05) is 5.21 Å². The number of ether oxygens (including phenoxy) is 1. The lowest BCUT2D eigenvalue weighted by Gasteiger charge is -2.31. The minimum atomic E-state index is -0.476. The second-order valence-electron chi connectivity index (χ2n) is 5.99. The highest BCUT2D eigenvalue weighted by Gasteiger charge is 2.25. The van der Waals surface area contributed by atoms with Crippen LogP contribution in [-0.4, -0.2) is 70.3 Å². The lowest BCUT2D eigenvalue weighted by atomic mass is 10.1. The Bertz CT molecular complexity index is 696. The van der Waals surface area contributed by atoms with Crippen LogP contribution < -0.4 is 4.90 Å². The van der Waals surface area contributed by atoms with Gasteiger partial charge in [-0.2, -0.15) is 4.98 Å². The molecule has 1 fully saturated rings. The first-order valence-corrected chi connectivity index (χ1v) is 7.79. The Labute approximate surface area is 139 Å². The van der Waals surface area contributed by atoms with Gasteiger partial charge in [-0.3, -0.25) is 4.90 Å². The summed E-state index contributed by atoms with van der Waals surface area (Å²) in [5, 5.41) is 11.9. The number of carbonyl (C=O) groups excluding carboxylic acids is 1. The number of rotatable bonds is 5. The molecule has 10 heteroatoms. The number of likely N-dealkylation sites (tertiary alicyclic amines) is 1. The molecule has 1 atom stereocenters. The minimum absolute atomic E-state index is 0.154. The average Bonchev–Trinajstić information content (AvgIpc) is 3.24. The maximum atomic E-state index is 11.5. The zero-order valence-electron chi connectivity index (χ0n) is 14.0. The highest BCUT2D eigenvalue weighted by molar-refractivity contribution is 5.86. The van der Waals surface area contributed by atoms with Gasteiger partial charge in [-0.15, -0.1) is 5.10 Å². The maximum Gasteiger partial charge on any atom is 0.360 e. The molecule has 3 heterocycles. The van der Waals surface area contributed by atoms with E-state index in [0.29, 0.717) is 18.4 Å². The van der Waals surface area contributed by atoms with E-state index in [2.05, 4.69) is 30.1 Å². The number of methoxy groups -OCH3 is 1. The van der Waals surface area contributed by atoms with Crippen molar-refractivity contribution in [1.82, 2.24) is 30.0 Å². The molecule has 2 aromatic rings. The number of piperidine rings is 1. The fourth-order valence-corrected chi connectivity index (χ4v) is 2.73. The van der Waals surface area contributed by atoms with Crippen molar-refractivity contribution in [3.05, 3.63) is 17.8 Å². The van der Waals surface area contributed by atoms with E-state index in [1.165, 1.54) is 7.11 Å². The summed E-state index contributed by atoms with van der Waals surface area (Å²) in [5.41, 5.74) is 0.224. The highest BCUT2D eigenvalue weighted by Crippen LogP contribution is 2.22. The average molecular weight is 335 g/mol. The summed E-state index contributed by atoms with van der Waals surface area (Å²) in [5.74, 6) is 0.682. The van der Waals surface area contributed by atoms with Crippen molar-refractivity contribution in [3.8, 4) is 0 Å². The van der Waals surface area contributed by atoms with Gasteiger partial charge in [0.2, 0.25) is 5.89 Å². The molecule has 24 heavy (non-hydrogen) atoms. The molecule has 0 aliphatic carbocycles. The molecule has 0 saturated carbocycles. The first kappa shape index (κ1) is 16.4. The summed E-state index contributed by atoms with van der Waals surface area (Å²) in [6.45, 7) is 2.33. The molecule has 0 spiro atoms. The van der Waals surface area contributed by atoms with Crippen LogP contribution in [0.4, 0.5) is 5.95 Å². The van der Waals surface area contributed by atoms with Crippen LogP contribution in [0.15, 0.2) is 10.7 Å². The van der Waals surface area contributed by atoms with Gasteiger partial charge in [0.1, 0.15) is 0 Å². The molecule has 10 nitrogen and oxygen atoms in total. The van der Waals surface area contributed by atoms with Gasteiger partial charge < -0.3 is 14.2 Å². The number of hydrogen-bond acceptors (Lipinski definition) is 9. The van der Waals surface area contributed by atoms with Crippen molar-refractivity contribution in [1.29, 1.82) is 0 Å². The zero-order chi connectivity index (χ0) is 17.1. The van der Waals surface area contributed by atoms with E-state index in [9.17, 15) is 4.79 Å². The molecule has 2 aromatic heterocycles. The molecule has 1 saturated heterocycles. The highest BCUT2D eigenvalue weighted by atomic mass is 16.5. The molecule has 3 rings (SSSR count). The Kier molecular flexibility index (Phi) is 4.74. The fraction of sp³-hybridized carbons (Fsp3) is 0.643.